The van der Waals surface area contributed by atoms with E-state index < -0.39 is 10.0 Å². The van der Waals surface area contributed by atoms with Gasteiger partial charge in [-0.2, -0.15) is 0 Å². The molecular formula is C19H18N2O2S. The number of para-hydroxylation sites is 2. The quantitative estimate of drug-likeness (QED) is 0.718. The zero-order valence-electron chi connectivity index (χ0n) is 13.4. The number of anilines is 2. The second kappa shape index (κ2) is 5.53. The molecule has 5 heteroatoms. The molecule has 0 N–H and O–H groups in total. The molecule has 1 heterocycles. The van der Waals surface area contributed by atoms with Gasteiger partial charge in [-0.15, -0.1) is 0 Å². The van der Waals surface area contributed by atoms with E-state index in [0.29, 0.717) is 18.0 Å². The van der Waals surface area contributed by atoms with E-state index in [4.69, 9.17) is 0 Å². The molecule has 4 nitrogen and oxygen atoms in total. The lowest BCUT2D eigenvalue weighted by atomic mass is 10.1. The van der Waals surface area contributed by atoms with Gasteiger partial charge in [0.15, 0.2) is 0 Å². The maximum atomic E-state index is 13.2. The maximum Gasteiger partial charge on any atom is 0.264 e. The predicted octanol–water partition coefficient (Wildman–Crippen LogP) is 3.48. The minimum Gasteiger partial charge on any atom is -0.371 e. The van der Waals surface area contributed by atoms with Crippen LogP contribution in [0.4, 0.5) is 11.4 Å². The molecule has 0 aromatic heterocycles. The van der Waals surface area contributed by atoms with Gasteiger partial charge in [-0.1, -0.05) is 42.5 Å². The third kappa shape index (κ3) is 2.32. The van der Waals surface area contributed by atoms with E-state index >= 15 is 0 Å². The van der Waals surface area contributed by atoms with Gasteiger partial charge < -0.3 is 4.90 Å². The first kappa shape index (κ1) is 15.0. The number of sulfonamides is 1. The van der Waals surface area contributed by atoms with Crippen molar-refractivity contribution in [3.05, 3.63) is 66.7 Å². The molecule has 24 heavy (non-hydrogen) atoms. The lowest BCUT2D eigenvalue weighted by molar-refractivity contribution is 0.589. The smallest absolute Gasteiger partial charge is 0.264 e. The Morgan fingerprint density at radius 3 is 2.25 bits per heavy atom. The Morgan fingerprint density at radius 1 is 0.792 bits per heavy atom. The second-order valence-corrected chi connectivity index (χ2v) is 7.86. The average molecular weight is 338 g/mol. The summed E-state index contributed by atoms with van der Waals surface area (Å²) in [6.07, 6.45) is 0. The fourth-order valence-corrected chi connectivity index (χ4v) is 4.69. The van der Waals surface area contributed by atoms with Crippen LogP contribution in [0.15, 0.2) is 71.6 Å². The number of nitrogens with zero attached hydrogens (tertiary/aromatic N) is 2. The normalized spacial score (nSPS) is 14.7. The first-order chi connectivity index (χ1) is 11.6. The molecule has 0 amide bonds. The molecule has 4 rings (SSSR count). The molecule has 3 aromatic rings. The Labute approximate surface area is 142 Å². The maximum absolute atomic E-state index is 13.2. The largest absolute Gasteiger partial charge is 0.371 e. The van der Waals surface area contributed by atoms with Gasteiger partial charge in [0.25, 0.3) is 10.0 Å². The summed E-state index contributed by atoms with van der Waals surface area (Å²) in [4.78, 5) is 2.42. The molecule has 0 fully saturated rings. The average Bonchev–Trinajstić information content (AvgIpc) is 2.61. The number of likely N-dealkylation sites (N-methyl/N-ethyl adjacent to an activating group) is 1. The first-order valence-electron chi connectivity index (χ1n) is 7.89. The minimum atomic E-state index is -3.58. The van der Waals surface area contributed by atoms with Gasteiger partial charge in [-0.3, -0.25) is 4.31 Å². The van der Waals surface area contributed by atoms with Crippen LogP contribution in [0.5, 0.6) is 0 Å². The molecule has 0 saturated heterocycles. The summed E-state index contributed by atoms with van der Waals surface area (Å²) in [6, 6.07) is 20.7. The lowest BCUT2D eigenvalue weighted by Crippen LogP contribution is -2.42. The highest BCUT2D eigenvalue weighted by molar-refractivity contribution is 7.92. The van der Waals surface area contributed by atoms with Crippen molar-refractivity contribution in [3.63, 3.8) is 0 Å². The Hall–Kier alpha value is -2.53. The highest BCUT2D eigenvalue weighted by Gasteiger charge is 2.30. The third-order valence-electron chi connectivity index (χ3n) is 4.51. The van der Waals surface area contributed by atoms with E-state index in [1.165, 1.54) is 4.31 Å². The molecule has 0 saturated carbocycles. The van der Waals surface area contributed by atoms with Crippen LogP contribution in [0.2, 0.25) is 0 Å². The second-order valence-electron chi connectivity index (χ2n) is 6.00. The van der Waals surface area contributed by atoms with E-state index in [-0.39, 0.29) is 0 Å². The number of fused-ring (bicyclic) bond motifs is 2. The fraction of sp³-hybridized carbons (Fsp3) is 0.158. The van der Waals surface area contributed by atoms with Crippen molar-refractivity contribution >= 4 is 32.2 Å². The highest BCUT2D eigenvalue weighted by Crippen LogP contribution is 2.35. The Balaban J connectivity index is 1.84. The molecule has 122 valence electrons. The summed E-state index contributed by atoms with van der Waals surface area (Å²) in [5, 5.41) is 1.97. The topological polar surface area (TPSA) is 40.6 Å². The van der Waals surface area contributed by atoms with Crippen molar-refractivity contribution in [2.45, 2.75) is 4.90 Å². The summed E-state index contributed by atoms with van der Waals surface area (Å²) in [5.74, 6) is 0. The van der Waals surface area contributed by atoms with Crippen LogP contribution in [-0.2, 0) is 10.0 Å². The van der Waals surface area contributed by atoms with Crippen LogP contribution in [0.25, 0.3) is 10.8 Å². The predicted molar refractivity (Wildman–Crippen MR) is 98.2 cm³/mol. The van der Waals surface area contributed by atoms with Crippen LogP contribution in [0, 0.1) is 0 Å². The van der Waals surface area contributed by atoms with Crippen molar-refractivity contribution in [1.82, 2.24) is 0 Å². The van der Waals surface area contributed by atoms with Crippen molar-refractivity contribution in [2.75, 3.05) is 29.3 Å². The van der Waals surface area contributed by atoms with Crippen molar-refractivity contribution in [3.8, 4) is 0 Å². The highest BCUT2D eigenvalue weighted by atomic mass is 32.2. The van der Waals surface area contributed by atoms with Gasteiger partial charge in [0.1, 0.15) is 0 Å². The van der Waals surface area contributed by atoms with E-state index in [1.54, 1.807) is 12.1 Å². The fourth-order valence-electron chi connectivity index (χ4n) is 3.18. The van der Waals surface area contributed by atoms with Crippen LogP contribution < -0.4 is 9.21 Å². The molecule has 0 spiro atoms. The van der Waals surface area contributed by atoms with Crippen molar-refractivity contribution < 1.29 is 8.42 Å². The van der Waals surface area contributed by atoms with Crippen LogP contribution in [0.1, 0.15) is 0 Å². The van der Waals surface area contributed by atoms with Gasteiger partial charge in [-0.05, 0) is 35.0 Å². The molecule has 0 atom stereocenters. The molecule has 0 bridgehead atoms. The van der Waals surface area contributed by atoms with Gasteiger partial charge in [0.2, 0.25) is 0 Å². The Kier molecular flexibility index (Phi) is 3.46. The number of hydrogen-bond acceptors (Lipinski definition) is 3. The molecule has 1 aliphatic heterocycles. The minimum absolute atomic E-state index is 0.334. The Bertz CT molecular complexity index is 1010. The van der Waals surface area contributed by atoms with E-state index in [1.807, 2.05) is 61.6 Å². The molecule has 3 aromatic carbocycles. The van der Waals surface area contributed by atoms with E-state index in [2.05, 4.69) is 4.90 Å². The van der Waals surface area contributed by atoms with Gasteiger partial charge in [0.05, 0.1) is 22.8 Å². The monoisotopic (exact) mass is 338 g/mol. The summed E-state index contributed by atoms with van der Waals surface area (Å²) in [6.45, 7) is 1.12. The van der Waals surface area contributed by atoms with Crippen molar-refractivity contribution in [2.24, 2.45) is 0 Å². The third-order valence-corrected chi connectivity index (χ3v) is 6.32. The zero-order valence-corrected chi connectivity index (χ0v) is 14.2. The van der Waals surface area contributed by atoms with Crippen LogP contribution in [-0.4, -0.2) is 28.6 Å². The lowest BCUT2D eigenvalue weighted by Gasteiger charge is -2.36. The molecule has 1 aliphatic rings. The van der Waals surface area contributed by atoms with Gasteiger partial charge in [-0.25, -0.2) is 8.42 Å². The number of hydrogen-bond donors (Lipinski definition) is 0. The molecule has 0 unspecified atom stereocenters. The molecule has 0 aliphatic carbocycles. The number of benzene rings is 3. The first-order valence-corrected chi connectivity index (χ1v) is 9.33. The summed E-state index contributed by atoms with van der Waals surface area (Å²) >= 11 is 0. The Morgan fingerprint density at radius 2 is 1.46 bits per heavy atom. The summed E-state index contributed by atoms with van der Waals surface area (Å²) < 4.78 is 27.9. The van der Waals surface area contributed by atoms with Gasteiger partial charge in [0, 0.05) is 13.6 Å². The molecular weight excluding hydrogens is 320 g/mol. The SMILES string of the molecule is CN1CCN(S(=O)(=O)c2ccc3ccccc3c2)c2ccccc21. The standard InChI is InChI=1S/C19H18N2O2S/c1-20-12-13-21(19-9-5-4-8-18(19)20)24(22,23)17-11-10-15-6-2-3-7-16(15)14-17/h2-11,14H,12-13H2,1H3. The summed E-state index contributed by atoms with van der Waals surface area (Å²) in [7, 11) is -1.60. The van der Waals surface area contributed by atoms with Crippen LogP contribution >= 0.6 is 0 Å². The number of rotatable bonds is 2. The van der Waals surface area contributed by atoms with Crippen LogP contribution in [0.3, 0.4) is 0 Å². The van der Waals surface area contributed by atoms with Gasteiger partial charge >= 0.3 is 0 Å². The van der Waals surface area contributed by atoms with E-state index in [0.717, 1.165) is 22.1 Å². The van der Waals surface area contributed by atoms with Crippen molar-refractivity contribution in [1.29, 1.82) is 0 Å². The zero-order chi connectivity index (χ0) is 16.7. The molecule has 0 radical (unpaired) electrons. The summed E-state index contributed by atoms with van der Waals surface area (Å²) in [5.41, 5.74) is 1.67. The van der Waals surface area contributed by atoms with E-state index in [9.17, 15) is 8.42 Å².